The van der Waals surface area contributed by atoms with E-state index >= 15 is 0 Å². The normalized spacial score (nSPS) is 17.1. The van der Waals surface area contributed by atoms with E-state index in [1.165, 1.54) is 0 Å². The maximum absolute atomic E-state index is 11.9. The predicted octanol–water partition coefficient (Wildman–Crippen LogP) is 0.479. The van der Waals surface area contributed by atoms with Crippen LogP contribution in [0, 0.1) is 5.92 Å². The summed E-state index contributed by atoms with van der Waals surface area (Å²) < 4.78 is 0. The summed E-state index contributed by atoms with van der Waals surface area (Å²) in [5.41, 5.74) is 0. The molecule has 0 atom stereocenters. The molecule has 0 aromatic rings. The lowest BCUT2D eigenvalue weighted by molar-refractivity contribution is -0.134. The first-order valence-electron chi connectivity index (χ1n) is 6.93. The molecular weight excluding hydrogens is 242 g/mol. The van der Waals surface area contributed by atoms with Crippen LogP contribution < -0.4 is 5.32 Å². The van der Waals surface area contributed by atoms with Gasteiger partial charge in [-0.25, -0.2) is 0 Å². The van der Waals surface area contributed by atoms with E-state index in [1.54, 1.807) is 6.08 Å². The van der Waals surface area contributed by atoms with Gasteiger partial charge in [0.25, 0.3) is 0 Å². The average Bonchev–Trinajstić information content (AvgIpc) is 2.61. The summed E-state index contributed by atoms with van der Waals surface area (Å²) in [6, 6.07) is 0. The zero-order chi connectivity index (χ0) is 14.3. The second-order valence-corrected chi connectivity index (χ2v) is 5.20. The third-order valence-electron chi connectivity index (χ3n) is 3.20. The largest absolute Gasteiger partial charge is 0.352 e. The molecule has 1 saturated heterocycles. The van der Waals surface area contributed by atoms with Gasteiger partial charge in [-0.05, 0) is 6.42 Å². The Labute approximate surface area is 115 Å². The number of rotatable bonds is 5. The van der Waals surface area contributed by atoms with Crippen molar-refractivity contribution in [1.82, 2.24) is 15.1 Å². The van der Waals surface area contributed by atoms with Crippen LogP contribution >= 0.6 is 0 Å². The molecule has 1 N–H and O–H groups in total. The van der Waals surface area contributed by atoms with Crippen LogP contribution in [-0.2, 0) is 9.59 Å². The van der Waals surface area contributed by atoms with Gasteiger partial charge >= 0.3 is 0 Å². The molecule has 0 saturated carbocycles. The van der Waals surface area contributed by atoms with E-state index in [1.807, 2.05) is 18.7 Å². The fourth-order valence-electron chi connectivity index (χ4n) is 2.16. The Balaban J connectivity index is 2.39. The number of carbonyl (C=O) groups is 2. The summed E-state index contributed by atoms with van der Waals surface area (Å²) in [4.78, 5) is 27.6. The molecule has 0 aromatic heterocycles. The number of hydrogen-bond donors (Lipinski definition) is 1. The Kier molecular flexibility index (Phi) is 6.56. The fraction of sp³-hybridized carbons (Fsp3) is 0.714. The maximum atomic E-state index is 11.9. The molecule has 0 aromatic carbocycles. The molecular formula is C14H25N3O2. The van der Waals surface area contributed by atoms with Gasteiger partial charge in [-0.1, -0.05) is 19.9 Å². The molecule has 0 radical (unpaired) electrons. The van der Waals surface area contributed by atoms with Crippen molar-refractivity contribution in [2.75, 3.05) is 39.3 Å². The monoisotopic (exact) mass is 267 g/mol. The Bertz CT molecular complexity index is 329. The molecule has 1 aliphatic rings. The molecule has 108 valence electrons. The molecule has 1 aliphatic heterocycles. The topological polar surface area (TPSA) is 52.7 Å². The van der Waals surface area contributed by atoms with Crippen LogP contribution in [-0.4, -0.2) is 60.9 Å². The van der Waals surface area contributed by atoms with Crippen molar-refractivity contribution >= 4 is 11.8 Å². The van der Waals surface area contributed by atoms with E-state index in [2.05, 4.69) is 16.8 Å². The fourth-order valence-corrected chi connectivity index (χ4v) is 2.16. The summed E-state index contributed by atoms with van der Waals surface area (Å²) in [5, 5.41) is 2.77. The van der Waals surface area contributed by atoms with Crippen molar-refractivity contribution in [1.29, 1.82) is 0 Å². The molecule has 1 rings (SSSR count). The molecule has 2 amide bonds. The highest BCUT2D eigenvalue weighted by Gasteiger charge is 2.21. The molecule has 0 bridgehead atoms. The first kappa shape index (κ1) is 15.7. The SMILES string of the molecule is C=CCNC(=O)CN1CCCN(C(=O)C(C)C)CC1. The van der Waals surface area contributed by atoms with Crippen LogP contribution in [0.5, 0.6) is 0 Å². The van der Waals surface area contributed by atoms with E-state index in [-0.39, 0.29) is 17.7 Å². The van der Waals surface area contributed by atoms with Gasteiger partial charge in [0.15, 0.2) is 0 Å². The highest BCUT2D eigenvalue weighted by Crippen LogP contribution is 2.07. The van der Waals surface area contributed by atoms with E-state index in [4.69, 9.17) is 0 Å². The summed E-state index contributed by atoms with van der Waals surface area (Å²) in [6.07, 6.45) is 2.59. The van der Waals surface area contributed by atoms with E-state index in [9.17, 15) is 9.59 Å². The third-order valence-corrected chi connectivity index (χ3v) is 3.20. The van der Waals surface area contributed by atoms with Crippen molar-refractivity contribution in [3.05, 3.63) is 12.7 Å². The summed E-state index contributed by atoms with van der Waals surface area (Å²) in [6.45, 7) is 11.5. The second-order valence-electron chi connectivity index (χ2n) is 5.20. The minimum atomic E-state index is 0.0172. The van der Waals surface area contributed by atoms with Crippen LogP contribution in [0.4, 0.5) is 0 Å². The standard InChI is InChI=1S/C14H25N3O2/c1-4-6-15-13(18)11-16-7-5-8-17(10-9-16)14(19)12(2)3/h4,12H,1,5-11H2,2-3H3,(H,15,18). The maximum Gasteiger partial charge on any atom is 0.234 e. The van der Waals surface area contributed by atoms with Gasteiger partial charge in [-0.15, -0.1) is 6.58 Å². The lowest BCUT2D eigenvalue weighted by Crippen LogP contribution is -2.40. The highest BCUT2D eigenvalue weighted by atomic mass is 16.2. The van der Waals surface area contributed by atoms with Gasteiger partial charge in [-0.2, -0.15) is 0 Å². The first-order valence-corrected chi connectivity index (χ1v) is 6.93. The lowest BCUT2D eigenvalue weighted by atomic mass is 10.2. The quantitative estimate of drug-likeness (QED) is 0.737. The minimum absolute atomic E-state index is 0.0172. The van der Waals surface area contributed by atoms with Crippen LogP contribution in [0.1, 0.15) is 20.3 Å². The van der Waals surface area contributed by atoms with Crippen molar-refractivity contribution < 1.29 is 9.59 Å². The highest BCUT2D eigenvalue weighted by molar-refractivity contribution is 5.78. The molecule has 0 aliphatic carbocycles. The molecule has 19 heavy (non-hydrogen) atoms. The van der Waals surface area contributed by atoms with Crippen LogP contribution in [0.25, 0.3) is 0 Å². The summed E-state index contributed by atoms with van der Waals surface area (Å²) in [7, 11) is 0. The van der Waals surface area contributed by atoms with Crippen LogP contribution in [0.3, 0.4) is 0 Å². The third kappa shape index (κ3) is 5.42. The zero-order valence-electron chi connectivity index (χ0n) is 12.0. The predicted molar refractivity (Wildman–Crippen MR) is 75.7 cm³/mol. The number of amides is 2. The van der Waals surface area contributed by atoms with Crippen LogP contribution in [0.2, 0.25) is 0 Å². The molecule has 5 heteroatoms. The lowest BCUT2D eigenvalue weighted by Gasteiger charge is -2.23. The van der Waals surface area contributed by atoms with E-state index in [0.717, 1.165) is 26.1 Å². The van der Waals surface area contributed by atoms with E-state index < -0.39 is 0 Å². The Morgan fingerprint density at radius 3 is 2.63 bits per heavy atom. The van der Waals surface area contributed by atoms with Gasteiger partial charge in [0.05, 0.1) is 6.54 Å². The average molecular weight is 267 g/mol. The van der Waals surface area contributed by atoms with Crippen LogP contribution in [0.15, 0.2) is 12.7 Å². The van der Waals surface area contributed by atoms with Gasteiger partial charge in [0.1, 0.15) is 0 Å². The van der Waals surface area contributed by atoms with Gasteiger partial charge in [0.2, 0.25) is 11.8 Å². The van der Waals surface area contributed by atoms with Gasteiger partial charge < -0.3 is 10.2 Å². The van der Waals surface area contributed by atoms with Crippen molar-refractivity contribution in [3.63, 3.8) is 0 Å². The first-order chi connectivity index (χ1) is 9.04. The van der Waals surface area contributed by atoms with Crippen molar-refractivity contribution in [2.45, 2.75) is 20.3 Å². The number of hydrogen-bond acceptors (Lipinski definition) is 3. The number of nitrogens with zero attached hydrogens (tertiary/aromatic N) is 2. The van der Waals surface area contributed by atoms with Crippen molar-refractivity contribution in [2.24, 2.45) is 5.92 Å². The minimum Gasteiger partial charge on any atom is -0.352 e. The Morgan fingerprint density at radius 2 is 2.00 bits per heavy atom. The summed E-state index contributed by atoms with van der Waals surface area (Å²) in [5.74, 6) is 0.268. The van der Waals surface area contributed by atoms with E-state index in [0.29, 0.717) is 19.6 Å². The Morgan fingerprint density at radius 1 is 1.26 bits per heavy atom. The van der Waals surface area contributed by atoms with Crippen molar-refractivity contribution in [3.8, 4) is 0 Å². The molecule has 1 heterocycles. The molecule has 5 nitrogen and oxygen atoms in total. The number of nitrogens with one attached hydrogen (secondary N) is 1. The summed E-state index contributed by atoms with van der Waals surface area (Å²) >= 11 is 0. The number of carbonyl (C=O) groups excluding carboxylic acids is 2. The zero-order valence-corrected chi connectivity index (χ0v) is 12.0. The van der Waals surface area contributed by atoms with Gasteiger partial charge in [0, 0.05) is 38.6 Å². The molecule has 0 spiro atoms. The second kappa shape index (κ2) is 7.94. The smallest absolute Gasteiger partial charge is 0.234 e. The molecule has 0 unspecified atom stereocenters. The van der Waals surface area contributed by atoms with Gasteiger partial charge in [-0.3, -0.25) is 14.5 Å². The Hall–Kier alpha value is -1.36. The molecule has 1 fully saturated rings.